The molecule has 0 radical (unpaired) electrons. The molecule has 0 unspecified atom stereocenters. The lowest BCUT2D eigenvalue weighted by atomic mass is 10.0. The summed E-state index contributed by atoms with van der Waals surface area (Å²) in [4.78, 5) is 12.2. The molecule has 28 heavy (non-hydrogen) atoms. The Bertz CT molecular complexity index is 962. The van der Waals surface area contributed by atoms with Crippen molar-refractivity contribution in [1.82, 2.24) is 9.97 Å². The fourth-order valence-electron chi connectivity index (χ4n) is 3.75. The van der Waals surface area contributed by atoms with Crippen LogP contribution in [0.25, 0.3) is 11.0 Å². The van der Waals surface area contributed by atoms with Crippen LogP contribution in [0.1, 0.15) is 25.7 Å². The molecule has 1 saturated heterocycles. The number of piperidine rings is 1. The van der Waals surface area contributed by atoms with Crippen molar-refractivity contribution in [2.24, 2.45) is 0 Å². The monoisotopic (exact) mass is 393 g/mol. The van der Waals surface area contributed by atoms with Crippen LogP contribution in [0.4, 0.5) is 17.3 Å². The van der Waals surface area contributed by atoms with Gasteiger partial charge in [-0.25, -0.2) is 9.97 Å². The molecule has 2 heterocycles. The van der Waals surface area contributed by atoms with Gasteiger partial charge in [0.25, 0.3) is 0 Å². The average Bonchev–Trinajstić information content (AvgIpc) is 3.54. The summed E-state index contributed by atoms with van der Waals surface area (Å²) in [5.41, 5.74) is 3.04. The zero-order valence-electron chi connectivity index (χ0n) is 15.7. The Hall–Kier alpha value is -2.53. The average molecular weight is 394 g/mol. The van der Waals surface area contributed by atoms with Gasteiger partial charge in [0, 0.05) is 35.9 Å². The van der Waals surface area contributed by atoms with Gasteiger partial charge in [0.05, 0.1) is 11.0 Å². The summed E-state index contributed by atoms with van der Waals surface area (Å²) in [5, 5.41) is 7.99. The summed E-state index contributed by atoms with van der Waals surface area (Å²) in [5.74, 6) is 1.93. The Balaban J connectivity index is 1.32. The minimum absolute atomic E-state index is 0.464. The fourth-order valence-corrected chi connectivity index (χ4v) is 3.87. The molecule has 6 heteroatoms. The highest BCUT2D eigenvalue weighted by molar-refractivity contribution is 6.30. The molecule has 1 saturated carbocycles. The van der Waals surface area contributed by atoms with Gasteiger partial charge in [0.2, 0.25) is 0 Å². The van der Waals surface area contributed by atoms with E-state index in [0.29, 0.717) is 12.1 Å². The lowest BCUT2D eigenvalue weighted by Gasteiger charge is -2.34. The molecular weight excluding hydrogens is 370 g/mol. The van der Waals surface area contributed by atoms with E-state index in [1.807, 2.05) is 48.5 Å². The van der Waals surface area contributed by atoms with Gasteiger partial charge in [0.1, 0.15) is 0 Å². The summed E-state index contributed by atoms with van der Waals surface area (Å²) in [6.07, 6.45) is 4.59. The molecule has 2 fully saturated rings. The lowest BCUT2D eigenvalue weighted by molar-refractivity contribution is 0.524. The van der Waals surface area contributed by atoms with Crippen LogP contribution in [-0.2, 0) is 0 Å². The second-order valence-electron chi connectivity index (χ2n) is 7.72. The van der Waals surface area contributed by atoms with E-state index in [2.05, 4.69) is 15.5 Å². The van der Waals surface area contributed by atoms with Gasteiger partial charge >= 0.3 is 0 Å². The summed E-state index contributed by atoms with van der Waals surface area (Å²) < 4.78 is 0. The molecule has 1 aliphatic heterocycles. The fraction of sp³-hybridized carbons (Fsp3) is 0.364. The summed E-state index contributed by atoms with van der Waals surface area (Å²) >= 11 is 5.98. The maximum atomic E-state index is 5.98. The highest BCUT2D eigenvalue weighted by Crippen LogP contribution is 2.32. The third-order valence-corrected chi connectivity index (χ3v) is 5.73. The minimum atomic E-state index is 0.464. The summed E-state index contributed by atoms with van der Waals surface area (Å²) in [6, 6.07) is 17.1. The molecule has 2 N–H and O–H groups in total. The number of hydrogen-bond donors (Lipinski definition) is 2. The Morgan fingerprint density at radius 3 is 2.11 bits per heavy atom. The van der Waals surface area contributed by atoms with Gasteiger partial charge in [0.15, 0.2) is 11.6 Å². The molecule has 5 nitrogen and oxygen atoms in total. The van der Waals surface area contributed by atoms with Crippen LogP contribution in [0.2, 0.25) is 5.02 Å². The van der Waals surface area contributed by atoms with Crippen LogP contribution in [0.3, 0.4) is 0 Å². The number of benzene rings is 2. The van der Waals surface area contributed by atoms with Gasteiger partial charge in [-0.15, -0.1) is 0 Å². The second kappa shape index (κ2) is 7.47. The lowest BCUT2D eigenvalue weighted by Crippen LogP contribution is -2.40. The molecule has 0 bridgehead atoms. The van der Waals surface area contributed by atoms with Crippen molar-refractivity contribution < 1.29 is 0 Å². The topological polar surface area (TPSA) is 53.1 Å². The number of rotatable bonds is 5. The van der Waals surface area contributed by atoms with E-state index in [-0.39, 0.29) is 0 Å². The van der Waals surface area contributed by atoms with Crippen molar-refractivity contribution in [3.05, 3.63) is 53.6 Å². The van der Waals surface area contributed by atoms with E-state index in [0.717, 1.165) is 59.3 Å². The molecule has 0 spiro atoms. The van der Waals surface area contributed by atoms with E-state index < -0.39 is 0 Å². The van der Waals surface area contributed by atoms with Crippen LogP contribution < -0.4 is 15.5 Å². The molecule has 2 aromatic carbocycles. The van der Waals surface area contributed by atoms with Crippen LogP contribution in [0.5, 0.6) is 0 Å². The number of halogens is 1. The first-order valence-corrected chi connectivity index (χ1v) is 10.4. The van der Waals surface area contributed by atoms with Gasteiger partial charge in [-0.3, -0.25) is 0 Å². The van der Waals surface area contributed by atoms with E-state index in [9.17, 15) is 0 Å². The van der Waals surface area contributed by atoms with Crippen molar-refractivity contribution in [2.45, 2.75) is 37.8 Å². The third-order valence-electron chi connectivity index (χ3n) is 5.48. The number of anilines is 3. The SMILES string of the molecule is Clc1ccc(NC2CCN(c3nc4ccccc4nc3NC3CC3)CC2)cc1. The zero-order valence-corrected chi connectivity index (χ0v) is 16.5. The first kappa shape index (κ1) is 17.6. The molecule has 2 aliphatic rings. The first-order chi connectivity index (χ1) is 13.7. The van der Waals surface area contributed by atoms with E-state index in [1.54, 1.807) is 0 Å². The van der Waals surface area contributed by atoms with Gasteiger partial charge in [-0.1, -0.05) is 23.7 Å². The molecule has 1 aromatic heterocycles. The molecule has 3 aromatic rings. The smallest absolute Gasteiger partial charge is 0.172 e. The highest BCUT2D eigenvalue weighted by atomic mass is 35.5. The van der Waals surface area contributed by atoms with Gasteiger partial charge < -0.3 is 15.5 Å². The Morgan fingerprint density at radius 1 is 0.786 bits per heavy atom. The van der Waals surface area contributed by atoms with Crippen LogP contribution in [0.15, 0.2) is 48.5 Å². The largest absolute Gasteiger partial charge is 0.382 e. The predicted molar refractivity (Wildman–Crippen MR) is 116 cm³/mol. The van der Waals surface area contributed by atoms with Crippen LogP contribution in [-0.4, -0.2) is 35.1 Å². The molecular formula is C22H24ClN5. The molecule has 0 amide bonds. The van der Waals surface area contributed by atoms with Crippen molar-refractivity contribution in [3.63, 3.8) is 0 Å². The number of fused-ring (bicyclic) bond motifs is 1. The Kier molecular flexibility index (Phi) is 4.69. The van der Waals surface area contributed by atoms with Crippen LogP contribution in [0, 0.1) is 0 Å². The number of para-hydroxylation sites is 2. The molecule has 1 aliphatic carbocycles. The van der Waals surface area contributed by atoms with Gasteiger partial charge in [-0.05, 0) is 62.1 Å². The van der Waals surface area contributed by atoms with Crippen molar-refractivity contribution in [3.8, 4) is 0 Å². The van der Waals surface area contributed by atoms with Crippen molar-refractivity contribution in [2.75, 3.05) is 28.6 Å². The number of nitrogens with one attached hydrogen (secondary N) is 2. The second-order valence-corrected chi connectivity index (χ2v) is 8.15. The molecule has 0 atom stereocenters. The zero-order chi connectivity index (χ0) is 18.9. The predicted octanol–water partition coefficient (Wildman–Crippen LogP) is 4.94. The Morgan fingerprint density at radius 2 is 1.43 bits per heavy atom. The minimum Gasteiger partial charge on any atom is -0.382 e. The quantitative estimate of drug-likeness (QED) is 0.643. The molecule has 144 valence electrons. The van der Waals surface area contributed by atoms with E-state index >= 15 is 0 Å². The normalized spacial score (nSPS) is 17.7. The maximum absolute atomic E-state index is 5.98. The molecule has 5 rings (SSSR count). The first-order valence-electron chi connectivity index (χ1n) is 10.0. The van der Waals surface area contributed by atoms with Crippen molar-refractivity contribution in [1.29, 1.82) is 0 Å². The third kappa shape index (κ3) is 3.85. The van der Waals surface area contributed by atoms with E-state index in [1.165, 1.54) is 12.8 Å². The standard InChI is InChI=1S/C22H24ClN5/c23-15-5-7-16(8-6-15)24-18-11-13-28(14-12-18)22-21(25-17-9-10-17)26-19-3-1-2-4-20(19)27-22/h1-8,17-18,24H,9-14H2,(H,25,26). The number of aromatic nitrogens is 2. The highest BCUT2D eigenvalue weighted by Gasteiger charge is 2.27. The van der Waals surface area contributed by atoms with Gasteiger partial charge in [-0.2, -0.15) is 0 Å². The Labute approximate surface area is 170 Å². The van der Waals surface area contributed by atoms with Crippen LogP contribution >= 0.6 is 11.6 Å². The number of hydrogen-bond acceptors (Lipinski definition) is 5. The summed E-state index contributed by atoms with van der Waals surface area (Å²) in [7, 11) is 0. The number of nitrogens with zero attached hydrogens (tertiary/aromatic N) is 3. The van der Waals surface area contributed by atoms with Crippen molar-refractivity contribution >= 4 is 40.0 Å². The van der Waals surface area contributed by atoms with E-state index in [4.69, 9.17) is 21.6 Å². The summed E-state index contributed by atoms with van der Waals surface area (Å²) in [6.45, 7) is 1.94. The maximum Gasteiger partial charge on any atom is 0.172 e.